The van der Waals surface area contributed by atoms with Crippen LogP contribution in [0.15, 0.2) is 101 Å². The summed E-state index contributed by atoms with van der Waals surface area (Å²) in [5.74, 6) is 0. The first kappa shape index (κ1) is 21.6. The second-order valence-electron chi connectivity index (χ2n) is 9.88. The summed E-state index contributed by atoms with van der Waals surface area (Å²) in [4.78, 5) is 30.2. The maximum absolute atomic E-state index is 12.1. The lowest BCUT2D eigenvalue weighted by molar-refractivity contribution is 1.10. The van der Waals surface area contributed by atoms with Gasteiger partial charge in [0.2, 0.25) is 0 Å². The van der Waals surface area contributed by atoms with Crippen LogP contribution in [0.2, 0.25) is 0 Å². The summed E-state index contributed by atoms with van der Waals surface area (Å²) in [6.07, 6.45) is 1.65. The van der Waals surface area contributed by atoms with E-state index in [1.807, 2.05) is 60.7 Å². The minimum Gasteiger partial charge on any atom is -0.325 e. The van der Waals surface area contributed by atoms with E-state index in [2.05, 4.69) is 47.2 Å². The molecule has 2 aliphatic carbocycles. The number of nitrogens with one attached hydrogen (secondary N) is 2. The van der Waals surface area contributed by atoms with E-state index < -0.39 is 0 Å². The Morgan fingerprint density at radius 2 is 1.03 bits per heavy atom. The summed E-state index contributed by atoms with van der Waals surface area (Å²) in [6.45, 7) is 2.10. The maximum atomic E-state index is 12.1. The topological polar surface area (TPSA) is 65.7 Å². The molecule has 37 heavy (non-hydrogen) atoms. The van der Waals surface area contributed by atoms with E-state index in [1.54, 1.807) is 0 Å². The van der Waals surface area contributed by atoms with Crippen molar-refractivity contribution in [1.29, 1.82) is 0 Å². The number of hydrogen-bond donors (Lipinski definition) is 2. The average molecular weight is 481 g/mol. The Morgan fingerprint density at radius 1 is 0.541 bits per heavy atom. The lowest BCUT2D eigenvalue weighted by atomic mass is 10.00. The molecule has 0 aliphatic heterocycles. The van der Waals surface area contributed by atoms with Crippen LogP contribution >= 0.6 is 0 Å². The van der Waals surface area contributed by atoms with Crippen molar-refractivity contribution >= 4 is 21.5 Å². The molecule has 2 aliphatic rings. The van der Waals surface area contributed by atoms with Gasteiger partial charge in [0, 0.05) is 46.1 Å². The van der Waals surface area contributed by atoms with Crippen molar-refractivity contribution in [2.45, 2.75) is 19.8 Å². The van der Waals surface area contributed by atoms with Crippen LogP contribution < -0.4 is 11.1 Å². The molecule has 2 aromatic heterocycles. The molecule has 0 fully saturated rings. The first-order valence-electron chi connectivity index (χ1n) is 12.5. The van der Waals surface area contributed by atoms with Gasteiger partial charge in [0.25, 0.3) is 11.1 Å². The predicted octanol–water partition coefficient (Wildman–Crippen LogP) is 6.51. The van der Waals surface area contributed by atoms with Crippen LogP contribution in [0.25, 0.3) is 43.8 Å². The number of benzene rings is 4. The van der Waals surface area contributed by atoms with Gasteiger partial charge in [0.15, 0.2) is 0 Å². The largest absolute Gasteiger partial charge is 0.325 e. The van der Waals surface area contributed by atoms with Gasteiger partial charge in [-0.2, -0.15) is 0 Å². The molecule has 0 bridgehead atoms. The summed E-state index contributed by atoms with van der Waals surface area (Å²) < 4.78 is 0. The minimum absolute atomic E-state index is 0.0113. The fraction of sp³-hybridized carbons (Fsp3) is 0.0909. The quantitative estimate of drug-likeness (QED) is 0.260. The molecule has 0 amide bonds. The lowest BCUT2D eigenvalue weighted by Gasteiger charge is -2.06. The lowest BCUT2D eigenvalue weighted by Crippen LogP contribution is -2.09. The van der Waals surface area contributed by atoms with E-state index >= 15 is 0 Å². The summed E-state index contributed by atoms with van der Waals surface area (Å²) in [5.41, 5.74) is 10.9. The molecule has 178 valence electrons. The summed E-state index contributed by atoms with van der Waals surface area (Å²) in [6, 6.07) is 30.5. The SMILES string of the molecule is Cc1ccc2c(c1)Cc1[nH]c(=O)c3ccccc3c1-2.O=c1[nH]c2c(c3ccccc13)-c1ccccc1C2. The molecule has 6 aromatic rings. The minimum atomic E-state index is 0.0113. The predicted molar refractivity (Wildman–Crippen MR) is 150 cm³/mol. The highest BCUT2D eigenvalue weighted by Gasteiger charge is 2.23. The number of aromatic amines is 2. The van der Waals surface area contributed by atoms with Gasteiger partial charge in [-0.15, -0.1) is 0 Å². The molecule has 0 saturated heterocycles. The molecular formula is C33H24N2O2. The molecule has 0 unspecified atom stereocenters. The monoisotopic (exact) mass is 480 g/mol. The molecule has 0 radical (unpaired) electrons. The number of H-pyrrole nitrogens is 2. The first-order valence-corrected chi connectivity index (χ1v) is 12.5. The number of fused-ring (bicyclic) bond motifs is 10. The highest BCUT2D eigenvalue weighted by molar-refractivity contribution is 6.00. The van der Waals surface area contributed by atoms with Gasteiger partial charge >= 0.3 is 0 Å². The van der Waals surface area contributed by atoms with Crippen molar-refractivity contribution in [3.8, 4) is 22.3 Å². The molecule has 4 nitrogen and oxygen atoms in total. The van der Waals surface area contributed by atoms with Gasteiger partial charge in [0.05, 0.1) is 0 Å². The Balaban J connectivity index is 0.000000125. The van der Waals surface area contributed by atoms with Crippen LogP contribution in [0.3, 0.4) is 0 Å². The Hall–Kier alpha value is -4.70. The van der Waals surface area contributed by atoms with E-state index in [4.69, 9.17) is 0 Å². The van der Waals surface area contributed by atoms with Crippen LogP contribution in [0.5, 0.6) is 0 Å². The van der Waals surface area contributed by atoms with Gasteiger partial charge in [-0.25, -0.2) is 0 Å². The molecule has 0 saturated carbocycles. The van der Waals surface area contributed by atoms with E-state index in [1.165, 1.54) is 38.9 Å². The second kappa shape index (κ2) is 8.17. The highest BCUT2D eigenvalue weighted by atomic mass is 16.1. The third kappa shape index (κ3) is 3.37. The van der Waals surface area contributed by atoms with Gasteiger partial charge in [-0.3, -0.25) is 9.59 Å². The van der Waals surface area contributed by atoms with E-state index in [0.717, 1.165) is 45.8 Å². The normalized spacial score (nSPS) is 12.5. The van der Waals surface area contributed by atoms with Crippen molar-refractivity contribution in [3.05, 3.63) is 140 Å². The fourth-order valence-corrected chi connectivity index (χ4v) is 5.95. The number of pyridine rings is 2. The van der Waals surface area contributed by atoms with Crippen LogP contribution in [0.4, 0.5) is 0 Å². The van der Waals surface area contributed by atoms with Crippen molar-refractivity contribution in [2.75, 3.05) is 0 Å². The number of rotatable bonds is 0. The van der Waals surface area contributed by atoms with E-state index in [9.17, 15) is 9.59 Å². The fourth-order valence-electron chi connectivity index (χ4n) is 5.95. The number of aromatic nitrogens is 2. The second-order valence-corrected chi connectivity index (χ2v) is 9.88. The molecule has 0 atom stereocenters. The van der Waals surface area contributed by atoms with Crippen molar-refractivity contribution in [2.24, 2.45) is 0 Å². The van der Waals surface area contributed by atoms with Crippen molar-refractivity contribution in [1.82, 2.24) is 9.97 Å². The highest BCUT2D eigenvalue weighted by Crippen LogP contribution is 2.40. The van der Waals surface area contributed by atoms with E-state index in [0.29, 0.717) is 0 Å². The number of hydrogen-bond acceptors (Lipinski definition) is 2. The summed E-state index contributed by atoms with van der Waals surface area (Å²) in [5, 5.41) is 3.66. The molecule has 2 heterocycles. The molecule has 4 heteroatoms. The third-order valence-corrected chi connectivity index (χ3v) is 7.57. The van der Waals surface area contributed by atoms with Crippen LogP contribution in [-0.4, -0.2) is 9.97 Å². The molecule has 0 spiro atoms. The zero-order valence-electron chi connectivity index (χ0n) is 20.4. The first-order chi connectivity index (χ1) is 18.1. The molecular weight excluding hydrogens is 456 g/mol. The van der Waals surface area contributed by atoms with Crippen molar-refractivity contribution < 1.29 is 0 Å². The van der Waals surface area contributed by atoms with E-state index in [-0.39, 0.29) is 11.1 Å². The van der Waals surface area contributed by atoms with Crippen LogP contribution in [0, 0.1) is 6.92 Å². The standard InChI is InChI=1S/C17H13NO.C16H11NO/c1-10-6-7-12-11(8-10)9-15-16(12)13-4-2-3-5-14(13)17(19)18-15;18-16-13-8-4-3-7-12(13)15-11-6-2-1-5-10(11)9-14(15)17-16/h2-8H,9H2,1H3,(H,18,19);1-8H,9H2,(H,17,18). The van der Waals surface area contributed by atoms with Gasteiger partial charge < -0.3 is 9.97 Å². The smallest absolute Gasteiger partial charge is 0.256 e. The Morgan fingerprint density at radius 3 is 1.65 bits per heavy atom. The van der Waals surface area contributed by atoms with Gasteiger partial charge in [0.1, 0.15) is 0 Å². The van der Waals surface area contributed by atoms with Crippen molar-refractivity contribution in [3.63, 3.8) is 0 Å². The summed E-state index contributed by atoms with van der Waals surface area (Å²) in [7, 11) is 0. The Bertz CT molecular complexity index is 2000. The molecule has 8 rings (SSSR count). The van der Waals surface area contributed by atoms with Gasteiger partial charge in [-0.1, -0.05) is 84.4 Å². The Labute approximate surface area is 213 Å². The third-order valence-electron chi connectivity index (χ3n) is 7.57. The summed E-state index contributed by atoms with van der Waals surface area (Å²) >= 11 is 0. The Kier molecular flexibility index (Phi) is 4.76. The number of aryl methyl sites for hydroxylation is 1. The van der Waals surface area contributed by atoms with Crippen LogP contribution in [-0.2, 0) is 12.8 Å². The van der Waals surface area contributed by atoms with Crippen LogP contribution in [0.1, 0.15) is 28.1 Å². The average Bonchev–Trinajstić information content (AvgIpc) is 3.46. The molecule has 2 N–H and O–H groups in total. The van der Waals surface area contributed by atoms with Gasteiger partial charge in [-0.05, 0) is 52.1 Å². The zero-order chi connectivity index (χ0) is 25.1. The zero-order valence-corrected chi connectivity index (χ0v) is 20.4. The maximum Gasteiger partial charge on any atom is 0.256 e. The molecule has 4 aromatic carbocycles.